The molecule has 176 valence electrons. The SMILES string of the molecule is C=C/C=C\C=C(/C)c1ccc2cnc(NC)nc2c1.CN1CCN(c2cc(C=O)ccn2)CC1. The number of anilines is 2. The monoisotopic (exact) mass is 456 g/mol. The molecule has 1 fully saturated rings. The van der Waals surface area contributed by atoms with E-state index in [2.05, 4.69) is 68.8 Å². The van der Waals surface area contributed by atoms with Crippen molar-refractivity contribution < 1.29 is 4.79 Å². The molecule has 1 aliphatic heterocycles. The lowest BCUT2D eigenvalue weighted by Crippen LogP contribution is -2.44. The third-order valence-electron chi connectivity index (χ3n) is 5.59. The number of hydrogen-bond acceptors (Lipinski definition) is 7. The maximum Gasteiger partial charge on any atom is 0.222 e. The van der Waals surface area contributed by atoms with Gasteiger partial charge in [-0.1, -0.05) is 43.0 Å². The number of allylic oxidation sites excluding steroid dienone is 5. The average Bonchev–Trinajstić information content (AvgIpc) is 2.89. The minimum atomic E-state index is 0.637. The first-order valence-electron chi connectivity index (χ1n) is 11.3. The Morgan fingerprint density at radius 1 is 1.09 bits per heavy atom. The van der Waals surface area contributed by atoms with Crippen LogP contribution in [-0.4, -0.2) is 66.4 Å². The minimum Gasteiger partial charge on any atom is -0.357 e. The Labute approximate surface area is 201 Å². The van der Waals surface area contributed by atoms with E-state index >= 15 is 0 Å². The van der Waals surface area contributed by atoms with Crippen LogP contribution in [0.15, 0.2) is 73.6 Å². The van der Waals surface area contributed by atoms with E-state index in [1.54, 1.807) is 18.3 Å². The molecule has 0 saturated carbocycles. The number of nitrogens with zero attached hydrogens (tertiary/aromatic N) is 5. The lowest BCUT2D eigenvalue weighted by Gasteiger charge is -2.33. The molecule has 4 rings (SSSR count). The van der Waals surface area contributed by atoms with Gasteiger partial charge in [0.1, 0.15) is 12.1 Å². The Hall–Kier alpha value is -3.84. The molecule has 0 aliphatic carbocycles. The van der Waals surface area contributed by atoms with Gasteiger partial charge in [0.05, 0.1) is 5.52 Å². The smallest absolute Gasteiger partial charge is 0.222 e. The fraction of sp³-hybridized carbons (Fsp3) is 0.259. The molecular weight excluding hydrogens is 424 g/mol. The van der Waals surface area contributed by atoms with E-state index in [4.69, 9.17) is 0 Å². The first-order chi connectivity index (χ1) is 16.5. The zero-order valence-corrected chi connectivity index (χ0v) is 20.1. The quantitative estimate of drug-likeness (QED) is 0.433. The first-order valence-corrected chi connectivity index (χ1v) is 11.3. The number of carbonyl (C=O) groups is 1. The van der Waals surface area contributed by atoms with Crippen LogP contribution in [0.3, 0.4) is 0 Å². The van der Waals surface area contributed by atoms with Crippen molar-refractivity contribution in [2.24, 2.45) is 0 Å². The highest BCUT2D eigenvalue weighted by Gasteiger charge is 2.15. The zero-order valence-electron chi connectivity index (χ0n) is 20.1. The molecule has 0 amide bonds. The largest absolute Gasteiger partial charge is 0.357 e. The second-order valence-electron chi connectivity index (χ2n) is 8.04. The van der Waals surface area contributed by atoms with Crippen LogP contribution in [0.2, 0.25) is 0 Å². The lowest BCUT2D eigenvalue weighted by atomic mass is 10.1. The lowest BCUT2D eigenvalue weighted by molar-refractivity contribution is 0.112. The summed E-state index contributed by atoms with van der Waals surface area (Å²) in [5.74, 6) is 1.55. The van der Waals surface area contributed by atoms with Crippen molar-refractivity contribution >= 4 is 34.5 Å². The Bertz CT molecular complexity index is 1180. The molecular formula is C27H32N6O. The topological polar surface area (TPSA) is 74.2 Å². The highest BCUT2D eigenvalue weighted by molar-refractivity contribution is 5.83. The van der Waals surface area contributed by atoms with Crippen LogP contribution in [0.25, 0.3) is 16.5 Å². The van der Waals surface area contributed by atoms with E-state index in [9.17, 15) is 4.79 Å². The van der Waals surface area contributed by atoms with Gasteiger partial charge in [0.15, 0.2) is 0 Å². The van der Waals surface area contributed by atoms with Gasteiger partial charge < -0.3 is 15.1 Å². The summed E-state index contributed by atoms with van der Waals surface area (Å²) >= 11 is 0. The van der Waals surface area contributed by atoms with Gasteiger partial charge in [0.2, 0.25) is 5.95 Å². The summed E-state index contributed by atoms with van der Waals surface area (Å²) in [4.78, 5) is 28.1. The van der Waals surface area contributed by atoms with Crippen molar-refractivity contribution in [3.05, 3.63) is 84.7 Å². The average molecular weight is 457 g/mol. The van der Waals surface area contributed by atoms with E-state index in [0.29, 0.717) is 11.5 Å². The number of rotatable bonds is 6. The number of benzene rings is 1. The van der Waals surface area contributed by atoms with E-state index in [-0.39, 0.29) is 0 Å². The molecule has 3 aromatic rings. The summed E-state index contributed by atoms with van der Waals surface area (Å²) in [7, 11) is 3.93. The predicted molar refractivity (Wildman–Crippen MR) is 141 cm³/mol. The molecule has 1 aliphatic rings. The van der Waals surface area contributed by atoms with Crippen molar-refractivity contribution in [1.29, 1.82) is 0 Å². The molecule has 0 bridgehead atoms. The second-order valence-corrected chi connectivity index (χ2v) is 8.04. The number of aldehydes is 1. The molecule has 7 nitrogen and oxygen atoms in total. The second kappa shape index (κ2) is 12.4. The van der Waals surface area contributed by atoms with Crippen LogP contribution in [0, 0.1) is 0 Å². The van der Waals surface area contributed by atoms with E-state index in [1.165, 1.54) is 5.57 Å². The van der Waals surface area contributed by atoms with Gasteiger partial charge in [0.25, 0.3) is 0 Å². The van der Waals surface area contributed by atoms with Crippen molar-refractivity contribution in [2.75, 3.05) is 50.5 Å². The van der Waals surface area contributed by atoms with Crippen LogP contribution in [0.1, 0.15) is 22.8 Å². The molecule has 7 heteroatoms. The summed E-state index contributed by atoms with van der Waals surface area (Å²) in [5, 5.41) is 3.99. The molecule has 0 atom stereocenters. The molecule has 2 aromatic heterocycles. The summed E-state index contributed by atoms with van der Waals surface area (Å²) in [6, 6.07) is 9.77. The Kier molecular flexibility index (Phi) is 9.05. The van der Waals surface area contributed by atoms with Crippen molar-refractivity contribution in [1.82, 2.24) is 19.9 Å². The summed E-state index contributed by atoms with van der Waals surface area (Å²) in [6.45, 7) is 9.78. The maximum absolute atomic E-state index is 10.6. The zero-order chi connectivity index (χ0) is 24.3. The number of carbonyl (C=O) groups excluding carboxylic acids is 1. The predicted octanol–water partition coefficient (Wildman–Crippen LogP) is 4.46. The van der Waals surface area contributed by atoms with Gasteiger partial charge in [-0.15, -0.1) is 0 Å². The fourth-order valence-electron chi connectivity index (χ4n) is 3.48. The summed E-state index contributed by atoms with van der Waals surface area (Å²) in [5.41, 5.74) is 3.97. The Balaban J connectivity index is 0.000000196. The molecule has 1 aromatic carbocycles. The van der Waals surface area contributed by atoms with Crippen LogP contribution in [-0.2, 0) is 0 Å². The fourth-order valence-corrected chi connectivity index (χ4v) is 3.48. The molecule has 3 heterocycles. The summed E-state index contributed by atoms with van der Waals surface area (Å²) in [6.07, 6.45) is 12.1. The number of fused-ring (bicyclic) bond motifs is 1. The van der Waals surface area contributed by atoms with Crippen LogP contribution >= 0.6 is 0 Å². The number of hydrogen-bond donors (Lipinski definition) is 1. The number of likely N-dealkylation sites (N-methyl/N-ethyl adjacent to an activating group) is 1. The van der Waals surface area contributed by atoms with Gasteiger partial charge in [-0.25, -0.2) is 15.0 Å². The van der Waals surface area contributed by atoms with Crippen LogP contribution in [0.5, 0.6) is 0 Å². The highest BCUT2D eigenvalue weighted by Crippen LogP contribution is 2.20. The van der Waals surface area contributed by atoms with Crippen LogP contribution < -0.4 is 10.2 Å². The van der Waals surface area contributed by atoms with Crippen molar-refractivity contribution in [3.63, 3.8) is 0 Å². The standard InChI is InChI=1S/C16H17N3.C11H15N3O/c1-4-5-6-7-12(2)13-8-9-14-11-18-16(17-3)19-15(14)10-13;1-13-4-6-14(7-5-13)11-8-10(9-15)2-3-12-11/h4-11H,1H2,2-3H3,(H,17,18,19);2-3,8-9H,4-7H2,1H3/b6-5-,12-7+;. The summed E-state index contributed by atoms with van der Waals surface area (Å²) < 4.78 is 0. The van der Waals surface area contributed by atoms with Crippen LogP contribution in [0.4, 0.5) is 11.8 Å². The first kappa shape index (κ1) is 24.8. The van der Waals surface area contributed by atoms with Gasteiger partial charge in [-0.3, -0.25) is 4.79 Å². The van der Waals surface area contributed by atoms with Gasteiger partial charge in [-0.2, -0.15) is 0 Å². The Morgan fingerprint density at radius 3 is 2.59 bits per heavy atom. The molecule has 1 N–H and O–H groups in total. The number of pyridine rings is 1. The minimum absolute atomic E-state index is 0.637. The Morgan fingerprint density at radius 2 is 1.88 bits per heavy atom. The van der Waals surface area contributed by atoms with E-state index < -0.39 is 0 Å². The normalized spacial score (nSPS) is 14.6. The molecule has 0 spiro atoms. The van der Waals surface area contributed by atoms with Crippen molar-refractivity contribution in [2.45, 2.75) is 6.92 Å². The molecule has 0 radical (unpaired) electrons. The molecule has 34 heavy (non-hydrogen) atoms. The number of aromatic nitrogens is 3. The van der Waals surface area contributed by atoms with Gasteiger partial charge in [-0.05, 0) is 43.3 Å². The number of nitrogens with one attached hydrogen (secondary N) is 1. The van der Waals surface area contributed by atoms with Gasteiger partial charge in [0, 0.05) is 56.6 Å². The molecule has 0 unspecified atom stereocenters. The third kappa shape index (κ3) is 6.83. The molecule has 1 saturated heterocycles. The van der Waals surface area contributed by atoms with Gasteiger partial charge >= 0.3 is 0 Å². The van der Waals surface area contributed by atoms with Crippen molar-refractivity contribution in [3.8, 4) is 0 Å². The maximum atomic E-state index is 10.6. The third-order valence-corrected chi connectivity index (χ3v) is 5.59. The van der Waals surface area contributed by atoms with E-state index in [1.807, 2.05) is 37.5 Å². The highest BCUT2D eigenvalue weighted by atomic mass is 16.1. The number of piperazine rings is 1. The van der Waals surface area contributed by atoms with E-state index in [0.717, 1.165) is 54.7 Å².